The lowest BCUT2D eigenvalue weighted by atomic mass is 9.75. The Balaban J connectivity index is 1.89. The summed E-state index contributed by atoms with van der Waals surface area (Å²) in [4.78, 5) is 19.9. The molecule has 0 N–H and O–H groups in total. The Kier molecular flexibility index (Phi) is 3.74. The molecule has 5 rings (SSSR count). The normalized spacial score (nSPS) is 25.1. The van der Waals surface area contributed by atoms with E-state index in [4.69, 9.17) is 4.84 Å². The summed E-state index contributed by atoms with van der Waals surface area (Å²) in [7, 11) is 2.03. The molecule has 0 fully saturated rings. The zero-order valence-corrected chi connectivity index (χ0v) is 18.2. The third-order valence-electron chi connectivity index (χ3n) is 6.97. The van der Waals surface area contributed by atoms with Crippen LogP contribution in [0.2, 0.25) is 0 Å². The van der Waals surface area contributed by atoms with Crippen molar-refractivity contribution in [2.75, 3.05) is 7.05 Å². The highest BCUT2D eigenvalue weighted by Crippen LogP contribution is 2.53. The molecule has 1 aliphatic heterocycles. The number of carbonyl (C=O) groups excluding carboxylic acids is 1. The van der Waals surface area contributed by atoms with Crippen molar-refractivity contribution in [1.29, 1.82) is 0 Å². The zero-order valence-electron chi connectivity index (χ0n) is 18.2. The highest BCUT2D eigenvalue weighted by atomic mass is 16.7. The van der Waals surface area contributed by atoms with E-state index < -0.39 is 5.41 Å². The van der Waals surface area contributed by atoms with Crippen molar-refractivity contribution in [3.05, 3.63) is 70.3 Å². The fraction of sp³-hybridized carbons (Fsp3) is 0.423. The smallest absolute Gasteiger partial charge is 0.160 e. The third-order valence-corrected chi connectivity index (χ3v) is 6.97. The molecule has 0 spiro atoms. The summed E-state index contributed by atoms with van der Waals surface area (Å²) >= 11 is 0. The molecule has 0 radical (unpaired) electrons. The minimum atomic E-state index is -0.468. The Morgan fingerprint density at radius 1 is 1.03 bits per heavy atom. The van der Waals surface area contributed by atoms with Crippen molar-refractivity contribution >= 4 is 17.1 Å². The number of ketones is 1. The topological polar surface area (TPSA) is 29.5 Å². The van der Waals surface area contributed by atoms with Crippen LogP contribution in [0, 0.1) is 5.41 Å². The summed E-state index contributed by atoms with van der Waals surface area (Å²) in [6, 6.07) is 15.1. The molecule has 2 unspecified atom stereocenters. The van der Waals surface area contributed by atoms with E-state index in [1.54, 1.807) is 0 Å². The van der Waals surface area contributed by atoms with E-state index in [0.717, 1.165) is 23.3 Å². The van der Waals surface area contributed by atoms with Gasteiger partial charge in [-0.2, -0.15) is 0 Å². The van der Waals surface area contributed by atoms with Gasteiger partial charge in [-0.25, -0.2) is 0 Å². The van der Waals surface area contributed by atoms with Gasteiger partial charge in [0.1, 0.15) is 0 Å². The number of hydrogen-bond acceptors (Lipinski definition) is 3. The van der Waals surface area contributed by atoms with E-state index in [9.17, 15) is 4.79 Å². The maximum atomic E-state index is 13.5. The van der Waals surface area contributed by atoms with Crippen LogP contribution in [0.5, 0.6) is 0 Å². The van der Waals surface area contributed by atoms with Crippen LogP contribution >= 0.6 is 0 Å². The van der Waals surface area contributed by atoms with Gasteiger partial charge < -0.3 is 4.84 Å². The van der Waals surface area contributed by atoms with Crippen molar-refractivity contribution in [3.63, 3.8) is 0 Å². The Morgan fingerprint density at radius 2 is 1.72 bits per heavy atom. The second-order valence-electron chi connectivity index (χ2n) is 10.3. The van der Waals surface area contributed by atoms with Gasteiger partial charge in [0.25, 0.3) is 0 Å². The van der Waals surface area contributed by atoms with E-state index in [2.05, 4.69) is 77.1 Å². The van der Waals surface area contributed by atoms with Gasteiger partial charge in [-0.3, -0.25) is 4.79 Å². The van der Waals surface area contributed by atoms with E-state index in [1.165, 1.54) is 22.3 Å². The Labute approximate surface area is 173 Å². The third kappa shape index (κ3) is 2.43. The lowest BCUT2D eigenvalue weighted by Crippen LogP contribution is -2.38. The molecular formula is C26H29NO2. The van der Waals surface area contributed by atoms with Crippen molar-refractivity contribution in [3.8, 4) is 0 Å². The van der Waals surface area contributed by atoms with Gasteiger partial charge in [0, 0.05) is 29.5 Å². The Hall–Kier alpha value is -2.39. The molecule has 0 aromatic heterocycles. The van der Waals surface area contributed by atoms with E-state index in [1.807, 2.05) is 12.1 Å². The number of fused-ring (bicyclic) bond motifs is 3. The highest BCUT2D eigenvalue weighted by molar-refractivity contribution is 6.04. The van der Waals surface area contributed by atoms with Crippen LogP contribution in [-0.2, 0) is 21.5 Å². The first-order valence-corrected chi connectivity index (χ1v) is 10.5. The van der Waals surface area contributed by atoms with Gasteiger partial charge in [-0.15, -0.1) is 5.06 Å². The number of nitrogens with zero attached hydrogens (tertiary/aromatic N) is 1. The summed E-state index contributed by atoms with van der Waals surface area (Å²) in [6.45, 7) is 10.9. The SMILES string of the molecule is CN1OC2=C(c3ccccc3CC3C(=O)C(C)(C)c4cccc2c43)C1C(C)(C)C. The molecule has 150 valence electrons. The molecule has 3 nitrogen and oxygen atoms in total. The summed E-state index contributed by atoms with van der Waals surface area (Å²) in [6.07, 6.45) is 0.750. The molecule has 2 aromatic rings. The van der Waals surface area contributed by atoms with Crippen LogP contribution in [-0.4, -0.2) is 23.9 Å². The van der Waals surface area contributed by atoms with E-state index in [-0.39, 0.29) is 17.4 Å². The predicted molar refractivity (Wildman–Crippen MR) is 116 cm³/mol. The van der Waals surface area contributed by atoms with Gasteiger partial charge in [-0.05, 0) is 47.9 Å². The quantitative estimate of drug-likeness (QED) is 0.610. The van der Waals surface area contributed by atoms with Crippen LogP contribution in [0.1, 0.15) is 68.4 Å². The first kappa shape index (κ1) is 18.6. The minimum Gasteiger partial charge on any atom is -0.405 e. The second-order valence-corrected chi connectivity index (χ2v) is 10.3. The van der Waals surface area contributed by atoms with Crippen LogP contribution in [0.4, 0.5) is 0 Å². The molecule has 0 bridgehead atoms. The van der Waals surface area contributed by atoms with Crippen LogP contribution in [0.15, 0.2) is 42.5 Å². The standard InChI is InChI=1S/C26H29NO2/c1-25(2,3)23-21-16-11-8-7-10-15(16)14-18-20-17(22(21)29-27(23)6)12-9-13-19(20)26(4,5)24(18)28/h7-13,18,23H,14H2,1-6H3. The van der Waals surface area contributed by atoms with E-state index in [0.29, 0.717) is 5.78 Å². The van der Waals surface area contributed by atoms with E-state index >= 15 is 0 Å². The summed E-state index contributed by atoms with van der Waals surface area (Å²) in [5.41, 5.74) is 6.67. The molecular weight excluding hydrogens is 358 g/mol. The maximum absolute atomic E-state index is 13.5. The van der Waals surface area contributed by atoms with Crippen LogP contribution < -0.4 is 0 Å². The van der Waals surface area contributed by atoms with Crippen molar-refractivity contribution in [2.24, 2.45) is 5.41 Å². The zero-order chi connectivity index (χ0) is 20.7. The van der Waals surface area contributed by atoms with Gasteiger partial charge in [0.05, 0.1) is 6.04 Å². The predicted octanol–water partition coefficient (Wildman–Crippen LogP) is 5.35. The molecule has 2 atom stereocenters. The molecule has 1 heterocycles. The Morgan fingerprint density at radius 3 is 2.45 bits per heavy atom. The Bertz CT molecular complexity index is 1070. The lowest BCUT2D eigenvalue weighted by Gasteiger charge is -2.33. The van der Waals surface area contributed by atoms with Gasteiger partial charge >= 0.3 is 0 Å². The maximum Gasteiger partial charge on any atom is 0.160 e. The highest BCUT2D eigenvalue weighted by Gasteiger charge is 2.50. The molecule has 29 heavy (non-hydrogen) atoms. The average molecular weight is 388 g/mol. The molecule has 0 saturated heterocycles. The number of benzene rings is 2. The fourth-order valence-electron chi connectivity index (χ4n) is 5.75. The number of hydroxylamine groups is 2. The molecule has 0 saturated carbocycles. The summed E-state index contributed by atoms with van der Waals surface area (Å²) in [5.74, 6) is 1.12. The lowest BCUT2D eigenvalue weighted by molar-refractivity contribution is -0.123. The molecule has 2 aromatic carbocycles. The number of rotatable bonds is 0. The number of likely N-dealkylation sites (N-methyl/N-ethyl adjacent to an activating group) is 1. The van der Waals surface area contributed by atoms with Crippen LogP contribution in [0.25, 0.3) is 11.3 Å². The average Bonchev–Trinajstić information content (AvgIpc) is 3.09. The second kappa shape index (κ2) is 5.82. The first-order valence-electron chi connectivity index (χ1n) is 10.5. The summed E-state index contributed by atoms with van der Waals surface area (Å²) < 4.78 is 0. The van der Waals surface area contributed by atoms with Crippen LogP contribution in [0.3, 0.4) is 0 Å². The number of carbonyl (C=O) groups is 1. The van der Waals surface area contributed by atoms with Gasteiger partial charge in [0.15, 0.2) is 11.5 Å². The van der Waals surface area contributed by atoms with Crippen molar-refractivity contribution in [2.45, 2.75) is 58.4 Å². The molecule has 0 amide bonds. The largest absolute Gasteiger partial charge is 0.405 e. The molecule has 3 aliphatic rings. The monoisotopic (exact) mass is 387 g/mol. The minimum absolute atomic E-state index is 0.00455. The van der Waals surface area contributed by atoms with Crippen molar-refractivity contribution in [1.82, 2.24) is 5.06 Å². The van der Waals surface area contributed by atoms with Crippen molar-refractivity contribution < 1.29 is 9.63 Å². The molecule has 3 heteroatoms. The summed E-state index contributed by atoms with van der Waals surface area (Å²) in [5, 5.41) is 2.00. The van der Waals surface area contributed by atoms with Gasteiger partial charge in [0.2, 0.25) is 0 Å². The molecule has 2 aliphatic carbocycles. The first-order chi connectivity index (χ1) is 13.6. The van der Waals surface area contributed by atoms with Gasteiger partial charge in [-0.1, -0.05) is 63.2 Å². The fourth-order valence-corrected chi connectivity index (χ4v) is 5.75. The number of hydrogen-bond donors (Lipinski definition) is 0. The number of Topliss-reactive ketones (excluding diaryl/α,β-unsaturated/α-hetero) is 1.